The van der Waals surface area contributed by atoms with Crippen LogP contribution in [-0.4, -0.2) is 0 Å². The maximum atomic E-state index is 4.13. The fourth-order valence-electron chi connectivity index (χ4n) is 2.14. The molecule has 0 aromatic heterocycles. The van der Waals surface area contributed by atoms with Crippen LogP contribution in [0.1, 0.15) is 30.5 Å². The summed E-state index contributed by atoms with van der Waals surface area (Å²) >= 11 is 0. The number of fused-ring (bicyclic) bond motifs is 1. The Morgan fingerprint density at radius 2 is 1.79 bits per heavy atom. The van der Waals surface area contributed by atoms with Gasteiger partial charge in [0.25, 0.3) is 0 Å². The lowest BCUT2D eigenvalue weighted by atomic mass is 9.83. The summed E-state index contributed by atoms with van der Waals surface area (Å²) in [6.45, 7) is 14.8. The van der Waals surface area contributed by atoms with Gasteiger partial charge in [-0.1, -0.05) is 50.8 Å². The summed E-state index contributed by atoms with van der Waals surface area (Å²) in [5, 5.41) is 0. The van der Waals surface area contributed by atoms with Crippen LogP contribution < -0.4 is 0 Å². The smallest absolute Gasteiger partial charge is 0.0152 e. The van der Waals surface area contributed by atoms with Crippen molar-refractivity contribution in [1.29, 1.82) is 0 Å². The van der Waals surface area contributed by atoms with Crippen molar-refractivity contribution >= 4 is 5.57 Å². The van der Waals surface area contributed by atoms with Crippen LogP contribution in [0.3, 0.4) is 0 Å². The Bertz CT molecular complexity index is 433. The molecule has 0 unspecified atom stereocenters. The van der Waals surface area contributed by atoms with Crippen LogP contribution in [0.4, 0.5) is 0 Å². The molecule has 0 spiro atoms. The van der Waals surface area contributed by atoms with Gasteiger partial charge in [-0.2, -0.15) is 0 Å². The van der Waals surface area contributed by atoms with Gasteiger partial charge in [0.1, 0.15) is 0 Å². The summed E-state index contributed by atoms with van der Waals surface area (Å²) in [7, 11) is 0. The van der Waals surface area contributed by atoms with Crippen LogP contribution in [0, 0.1) is 6.92 Å². The average molecular weight is 184 g/mol. The van der Waals surface area contributed by atoms with Gasteiger partial charge < -0.3 is 0 Å². The molecule has 0 bridgehead atoms. The third-order valence-corrected chi connectivity index (χ3v) is 3.29. The molecule has 0 saturated heterocycles. The van der Waals surface area contributed by atoms with Crippen molar-refractivity contribution in [3.05, 3.63) is 53.6 Å². The number of allylic oxidation sites excluding steroid dienone is 2. The molecule has 14 heavy (non-hydrogen) atoms. The molecule has 0 atom stereocenters. The highest BCUT2D eigenvalue weighted by Crippen LogP contribution is 2.47. The minimum Gasteiger partial charge on any atom is -0.0943 e. The van der Waals surface area contributed by atoms with Crippen molar-refractivity contribution in [1.82, 2.24) is 0 Å². The van der Waals surface area contributed by atoms with Crippen LogP contribution >= 0.6 is 0 Å². The maximum absolute atomic E-state index is 4.13. The summed E-state index contributed by atoms with van der Waals surface area (Å²) in [6.07, 6.45) is 0. The predicted octanol–water partition coefficient (Wildman–Crippen LogP) is 3.86. The van der Waals surface area contributed by atoms with E-state index in [-0.39, 0.29) is 5.41 Å². The zero-order valence-corrected chi connectivity index (χ0v) is 9.15. The van der Waals surface area contributed by atoms with E-state index in [1.165, 1.54) is 16.7 Å². The molecule has 0 amide bonds. The average Bonchev–Trinajstić information content (AvgIpc) is 2.29. The van der Waals surface area contributed by atoms with Gasteiger partial charge in [-0.05, 0) is 29.2 Å². The Labute approximate surface area is 86.0 Å². The molecule has 0 heterocycles. The lowest BCUT2D eigenvalue weighted by molar-refractivity contribution is 0.662. The number of aryl methyl sites for hydroxylation is 1. The first-order valence-corrected chi connectivity index (χ1v) is 4.95. The minimum atomic E-state index is 0.0540. The number of benzene rings is 1. The summed E-state index contributed by atoms with van der Waals surface area (Å²) in [5.74, 6) is 0. The largest absolute Gasteiger partial charge is 0.0943 e. The van der Waals surface area contributed by atoms with Crippen LogP contribution in [0.15, 0.2) is 36.9 Å². The monoisotopic (exact) mass is 184 g/mol. The Hall–Kier alpha value is -1.30. The summed E-state index contributed by atoms with van der Waals surface area (Å²) < 4.78 is 0. The van der Waals surface area contributed by atoms with E-state index in [2.05, 4.69) is 52.1 Å². The Morgan fingerprint density at radius 1 is 1.14 bits per heavy atom. The van der Waals surface area contributed by atoms with Gasteiger partial charge in [0.2, 0.25) is 0 Å². The van der Waals surface area contributed by atoms with Crippen molar-refractivity contribution in [2.45, 2.75) is 26.2 Å². The van der Waals surface area contributed by atoms with Gasteiger partial charge in [-0.3, -0.25) is 0 Å². The lowest BCUT2D eigenvalue weighted by Crippen LogP contribution is -2.14. The van der Waals surface area contributed by atoms with E-state index < -0.39 is 0 Å². The molecule has 0 N–H and O–H groups in total. The van der Waals surface area contributed by atoms with Crippen molar-refractivity contribution in [2.24, 2.45) is 0 Å². The van der Waals surface area contributed by atoms with E-state index in [4.69, 9.17) is 0 Å². The van der Waals surface area contributed by atoms with Gasteiger partial charge in [-0.25, -0.2) is 0 Å². The molecule has 0 aliphatic heterocycles. The number of hydrogen-bond donors (Lipinski definition) is 0. The van der Waals surface area contributed by atoms with E-state index >= 15 is 0 Å². The molecule has 0 heteroatoms. The fraction of sp³-hybridized carbons (Fsp3) is 0.286. The first-order chi connectivity index (χ1) is 6.44. The zero-order valence-electron chi connectivity index (χ0n) is 9.15. The number of hydrogen-bond acceptors (Lipinski definition) is 0. The molecule has 0 nitrogen and oxygen atoms in total. The highest BCUT2D eigenvalue weighted by molar-refractivity contribution is 5.87. The Kier molecular flexibility index (Phi) is 1.72. The summed E-state index contributed by atoms with van der Waals surface area (Å²) in [5.41, 5.74) is 6.25. The Balaban J connectivity index is 2.75. The van der Waals surface area contributed by atoms with E-state index in [1.54, 1.807) is 0 Å². The molecular weight excluding hydrogens is 168 g/mol. The molecule has 1 aromatic carbocycles. The molecule has 1 aliphatic rings. The van der Waals surface area contributed by atoms with Crippen LogP contribution in [0.25, 0.3) is 5.57 Å². The third kappa shape index (κ3) is 1.00. The van der Waals surface area contributed by atoms with Gasteiger partial charge in [0, 0.05) is 5.41 Å². The lowest BCUT2D eigenvalue weighted by Gasteiger charge is -2.20. The van der Waals surface area contributed by atoms with E-state index in [0.717, 1.165) is 11.1 Å². The Morgan fingerprint density at radius 3 is 2.43 bits per heavy atom. The van der Waals surface area contributed by atoms with Gasteiger partial charge in [0.15, 0.2) is 0 Å². The second-order valence-corrected chi connectivity index (χ2v) is 4.63. The zero-order chi connectivity index (χ0) is 10.5. The molecule has 1 aliphatic carbocycles. The number of rotatable bonds is 0. The van der Waals surface area contributed by atoms with Crippen molar-refractivity contribution in [3.63, 3.8) is 0 Å². The van der Waals surface area contributed by atoms with Crippen molar-refractivity contribution < 1.29 is 0 Å². The quantitative estimate of drug-likeness (QED) is 0.574. The highest BCUT2D eigenvalue weighted by Gasteiger charge is 2.35. The van der Waals surface area contributed by atoms with Gasteiger partial charge >= 0.3 is 0 Å². The minimum absolute atomic E-state index is 0.0540. The maximum Gasteiger partial charge on any atom is 0.0152 e. The molecule has 1 aromatic rings. The molecule has 2 rings (SSSR count). The van der Waals surface area contributed by atoms with E-state index in [0.29, 0.717) is 0 Å². The summed E-state index contributed by atoms with van der Waals surface area (Å²) in [6, 6.07) is 6.55. The third-order valence-electron chi connectivity index (χ3n) is 3.29. The molecule has 0 saturated carbocycles. The van der Waals surface area contributed by atoms with Crippen molar-refractivity contribution in [3.8, 4) is 0 Å². The topological polar surface area (TPSA) is 0 Å². The van der Waals surface area contributed by atoms with E-state index in [1.807, 2.05) is 0 Å². The SMILES string of the molecule is C=C1C(=C)C(C)(C)c2cc(C)ccc21. The van der Waals surface area contributed by atoms with Crippen LogP contribution in [0.2, 0.25) is 0 Å². The van der Waals surface area contributed by atoms with Crippen LogP contribution in [0.5, 0.6) is 0 Å². The first-order valence-electron chi connectivity index (χ1n) is 4.95. The first kappa shape index (κ1) is 9.26. The molecule has 0 fully saturated rings. The van der Waals surface area contributed by atoms with E-state index in [9.17, 15) is 0 Å². The second kappa shape index (κ2) is 2.60. The predicted molar refractivity (Wildman–Crippen MR) is 62.4 cm³/mol. The van der Waals surface area contributed by atoms with Gasteiger partial charge in [0.05, 0.1) is 0 Å². The second-order valence-electron chi connectivity index (χ2n) is 4.63. The standard InChI is InChI=1S/C14H16/c1-9-6-7-12-10(2)11(3)14(4,5)13(12)8-9/h6-8H,2-3H2,1,4-5H3. The highest BCUT2D eigenvalue weighted by atomic mass is 14.4. The van der Waals surface area contributed by atoms with Gasteiger partial charge in [-0.15, -0.1) is 0 Å². The fourth-order valence-corrected chi connectivity index (χ4v) is 2.14. The normalized spacial score (nSPS) is 18.5. The summed E-state index contributed by atoms with van der Waals surface area (Å²) in [4.78, 5) is 0. The molecule has 72 valence electrons. The molecule has 0 radical (unpaired) electrons. The van der Waals surface area contributed by atoms with Crippen molar-refractivity contribution in [2.75, 3.05) is 0 Å². The molecular formula is C14H16. The van der Waals surface area contributed by atoms with Crippen LogP contribution in [-0.2, 0) is 5.41 Å².